The molecule has 0 unspecified atom stereocenters. The summed E-state index contributed by atoms with van der Waals surface area (Å²) in [6.07, 6.45) is 1.17. The first-order valence-electron chi connectivity index (χ1n) is 8.17. The average molecular weight is 444 g/mol. The van der Waals surface area contributed by atoms with Crippen molar-refractivity contribution in [1.29, 1.82) is 0 Å². The van der Waals surface area contributed by atoms with Crippen LogP contribution in [0.1, 0.15) is 5.56 Å². The van der Waals surface area contributed by atoms with E-state index in [2.05, 4.69) is 10.6 Å². The van der Waals surface area contributed by atoms with E-state index in [0.717, 1.165) is 27.8 Å². The second-order valence-electron chi connectivity index (χ2n) is 5.81. The third-order valence-corrected chi connectivity index (χ3v) is 6.54. The number of hydrogen-bond donors (Lipinski definition) is 2. The van der Waals surface area contributed by atoms with E-state index in [1.165, 1.54) is 17.6 Å². The van der Waals surface area contributed by atoms with E-state index in [9.17, 15) is 8.42 Å². The van der Waals surface area contributed by atoms with E-state index in [-0.39, 0.29) is 0 Å². The maximum absolute atomic E-state index is 11.6. The van der Waals surface area contributed by atoms with E-state index in [0.29, 0.717) is 17.3 Å². The minimum atomic E-state index is -3.30. The van der Waals surface area contributed by atoms with Gasteiger partial charge < -0.3 is 10.6 Å². The van der Waals surface area contributed by atoms with Gasteiger partial charge in [-0.3, -0.25) is 4.31 Å². The first kappa shape index (κ1) is 21.8. The van der Waals surface area contributed by atoms with Crippen LogP contribution in [0.2, 0.25) is 5.02 Å². The Labute approximate surface area is 175 Å². The minimum Gasteiger partial charge on any atom is -0.362 e. The summed E-state index contributed by atoms with van der Waals surface area (Å²) >= 11 is 13.2. The van der Waals surface area contributed by atoms with Gasteiger partial charge in [0.15, 0.2) is 5.11 Å². The Bertz CT molecular complexity index is 891. The highest BCUT2D eigenvalue weighted by Crippen LogP contribution is 2.21. The van der Waals surface area contributed by atoms with Gasteiger partial charge in [0.1, 0.15) is 0 Å². The highest BCUT2D eigenvalue weighted by atomic mass is 35.5. The molecule has 0 aromatic heterocycles. The molecule has 0 aliphatic heterocycles. The Hall–Kier alpha value is -1.48. The maximum Gasteiger partial charge on any atom is 0.231 e. The smallest absolute Gasteiger partial charge is 0.231 e. The van der Waals surface area contributed by atoms with E-state index in [1.807, 2.05) is 30.3 Å². The molecule has 0 heterocycles. The van der Waals surface area contributed by atoms with Gasteiger partial charge in [-0.05, 0) is 42.0 Å². The zero-order valence-electron chi connectivity index (χ0n) is 15.1. The number of sulfonamides is 1. The van der Waals surface area contributed by atoms with E-state index >= 15 is 0 Å². The SMILES string of the molecule is CN(c1cccc(NC(=S)NCCSCc2ccccc2Cl)c1)S(C)(=O)=O. The van der Waals surface area contributed by atoms with Crippen LogP contribution in [-0.4, -0.2) is 39.1 Å². The van der Waals surface area contributed by atoms with Gasteiger partial charge in [0.05, 0.1) is 11.9 Å². The molecule has 5 nitrogen and oxygen atoms in total. The molecule has 9 heteroatoms. The topological polar surface area (TPSA) is 61.4 Å². The molecule has 0 amide bonds. The summed E-state index contributed by atoms with van der Waals surface area (Å²) in [6, 6.07) is 14.9. The fraction of sp³-hybridized carbons (Fsp3) is 0.278. The molecule has 2 N–H and O–H groups in total. The Morgan fingerprint density at radius 2 is 1.96 bits per heavy atom. The van der Waals surface area contributed by atoms with Gasteiger partial charge >= 0.3 is 0 Å². The number of nitrogens with one attached hydrogen (secondary N) is 2. The van der Waals surface area contributed by atoms with Crippen molar-refractivity contribution in [2.24, 2.45) is 0 Å². The number of thiocarbonyl (C=S) groups is 1. The van der Waals surface area contributed by atoms with Crippen molar-refractivity contribution in [3.8, 4) is 0 Å². The fourth-order valence-electron chi connectivity index (χ4n) is 2.18. The number of hydrogen-bond acceptors (Lipinski definition) is 4. The number of nitrogens with zero attached hydrogens (tertiary/aromatic N) is 1. The van der Waals surface area contributed by atoms with Gasteiger partial charge in [-0.15, -0.1) is 0 Å². The van der Waals surface area contributed by atoms with Crippen LogP contribution in [0.3, 0.4) is 0 Å². The summed E-state index contributed by atoms with van der Waals surface area (Å²) in [6.45, 7) is 0.712. The second kappa shape index (κ2) is 10.2. The number of benzene rings is 2. The van der Waals surface area contributed by atoms with E-state index in [4.69, 9.17) is 23.8 Å². The van der Waals surface area contributed by atoms with Crippen molar-refractivity contribution >= 4 is 62.1 Å². The molecule has 0 fully saturated rings. The van der Waals surface area contributed by atoms with E-state index in [1.54, 1.807) is 30.0 Å². The molecule has 0 aliphatic rings. The third-order valence-electron chi connectivity index (χ3n) is 3.71. The van der Waals surface area contributed by atoms with Crippen molar-refractivity contribution in [2.45, 2.75) is 5.75 Å². The van der Waals surface area contributed by atoms with Crippen LogP contribution in [-0.2, 0) is 15.8 Å². The summed E-state index contributed by atoms with van der Waals surface area (Å²) in [5.74, 6) is 1.73. The first-order valence-corrected chi connectivity index (χ1v) is 12.0. The molecular formula is C18H22ClN3O2S3. The van der Waals surface area contributed by atoms with Gasteiger partial charge in [0.25, 0.3) is 0 Å². The van der Waals surface area contributed by atoms with Crippen molar-refractivity contribution in [2.75, 3.05) is 35.2 Å². The summed E-state index contributed by atoms with van der Waals surface area (Å²) in [4.78, 5) is 0. The van der Waals surface area contributed by atoms with Crippen molar-refractivity contribution in [3.63, 3.8) is 0 Å². The van der Waals surface area contributed by atoms with Crippen LogP contribution >= 0.6 is 35.6 Å². The summed E-state index contributed by atoms with van der Waals surface area (Å²) in [5.41, 5.74) is 2.42. The Morgan fingerprint density at radius 3 is 2.67 bits per heavy atom. The second-order valence-corrected chi connectivity index (χ2v) is 9.74. The van der Waals surface area contributed by atoms with Gasteiger partial charge in [-0.1, -0.05) is 35.9 Å². The molecule has 2 aromatic carbocycles. The quantitative estimate of drug-likeness (QED) is 0.475. The van der Waals surface area contributed by atoms with Gasteiger partial charge in [0.2, 0.25) is 10.0 Å². The Morgan fingerprint density at radius 1 is 1.22 bits per heavy atom. The van der Waals surface area contributed by atoms with Crippen molar-refractivity contribution in [1.82, 2.24) is 5.32 Å². The monoisotopic (exact) mass is 443 g/mol. The molecule has 27 heavy (non-hydrogen) atoms. The number of anilines is 2. The molecule has 0 spiro atoms. The van der Waals surface area contributed by atoms with Crippen LogP contribution in [0.25, 0.3) is 0 Å². The standard InChI is InChI=1S/C18H22ClN3O2S3/c1-22(27(2,23)24)16-8-5-7-15(12-16)21-18(25)20-10-11-26-13-14-6-3-4-9-17(14)19/h3-9,12H,10-11,13H2,1-2H3,(H2,20,21,25). The highest BCUT2D eigenvalue weighted by Gasteiger charge is 2.12. The molecule has 0 radical (unpaired) electrons. The molecule has 0 atom stereocenters. The predicted molar refractivity (Wildman–Crippen MR) is 122 cm³/mol. The molecule has 2 aromatic rings. The van der Waals surface area contributed by atoms with Crippen LogP contribution in [0, 0.1) is 0 Å². The van der Waals surface area contributed by atoms with Gasteiger partial charge in [-0.25, -0.2) is 8.42 Å². The third kappa shape index (κ3) is 7.21. The van der Waals surface area contributed by atoms with Gasteiger partial charge in [-0.2, -0.15) is 11.8 Å². The van der Waals surface area contributed by atoms with Gasteiger partial charge in [0, 0.05) is 35.8 Å². The molecular weight excluding hydrogens is 422 g/mol. The highest BCUT2D eigenvalue weighted by molar-refractivity contribution is 7.98. The zero-order valence-corrected chi connectivity index (χ0v) is 18.3. The van der Waals surface area contributed by atoms with Crippen molar-refractivity contribution < 1.29 is 8.42 Å². The van der Waals surface area contributed by atoms with Crippen LogP contribution in [0.15, 0.2) is 48.5 Å². The summed E-state index contributed by atoms with van der Waals surface area (Å²) in [7, 11) is -1.79. The lowest BCUT2D eigenvalue weighted by Crippen LogP contribution is -2.30. The Kier molecular flexibility index (Phi) is 8.22. The molecule has 2 rings (SSSR count). The van der Waals surface area contributed by atoms with Crippen molar-refractivity contribution in [3.05, 3.63) is 59.1 Å². The van der Waals surface area contributed by atoms with E-state index < -0.39 is 10.0 Å². The molecule has 0 aliphatic carbocycles. The number of rotatable bonds is 8. The number of thioether (sulfide) groups is 1. The lowest BCUT2D eigenvalue weighted by Gasteiger charge is -2.18. The Balaban J connectivity index is 1.77. The van der Waals surface area contributed by atoms with Crippen LogP contribution < -0.4 is 14.9 Å². The normalized spacial score (nSPS) is 11.1. The summed E-state index contributed by atoms with van der Waals surface area (Å²) in [5, 5.41) is 7.50. The zero-order chi connectivity index (χ0) is 19.9. The largest absolute Gasteiger partial charge is 0.362 e. The summed E-state index contributed by atoms with van der Waals surface area (Å²) < 4.78 is 24.5. The lowest BCUT2D eigenvalue weighted by molar-refractivity contribution is 0.600. The lowest BCUT2D eigenvalue weighted by atomic mass is 10.2. The van der Waals surface area contributed by atoms with Crippen LogP contribution in [0.5, 0.6) is 0 Å². The average Bonchev–Trinajstić information content (AvgIpc) is 2.61. The predicted octanol–water partition coefficient (Wildman–Crippen LogP) is 3.96. The molecule has 0 saturated carbocycles. The maximum atomic E-state index is 11.6. The minimum absolute atomic E-state index is 0.493. The number of halogens is 1. The molecule has 0 bridgehead atoms. The molecule has 0 saturated heterocycles. The first-order chi connectivity index (χ1) is 12.8. The fourth-order valence-corrected chi connectivity index (χ4v) is 4.04. The molecule has 146 valence electrons. The van der Waals surface area contributed by atoms with Crippen LogP contribution in [0.4, 0.5) is 11.4 Å².